The number of hydrogen-bond acceptors (Lipinski definition) is 1. The Morgan fingerprint density at radius 2 is 1.57 bits per heavy atom. The Hall–Kier alpha value is -0.0400. The molecule has 2 atom stereocenters. The Balaban J connectivity index is 3.55. The Morgan fingerprint density at radius 3 is 2.07 bits per heavy atom. The molecule has 0 rings (SSSR count). The van der Waals surface area contributed by atoms with E-state index < -0.39 is 0 Å². The first-order valence-electron chi connectivity index (χ1n) is 6.30. The zero-order valence-electron chi connectivity index (χ0n) is 10.8. The van der Waals surface area contributed by atoms with E-state index in [9.17, 15) is 0 Å². The smallest absolute Gasteiger partial charge is 0.00193 e. The van der Waals surface area contributed by atoms with Gasteiger partial charge in [0.25, 0.3) is 0 Å². The number of nitrogens with zero attached hydrogens (tertiary/aromatic N) is 1. The molecule has 0 fully saturated rings. The van der Waals surface area contributed by atoms with Gasteiger partial charge in [-0.3, -0.25) is 0 Å². The lowest BCUT2D eigenvalue weighted by Crippen LogP contribution is -2.22. The molecule has 0 heterocycles. The Labute approximate surface area is 90.9 Å². The summed E-state index contributed by atoms with van der Waals surface area (Å²) in [6.45, 7) is 11.8. The second-order valence-corrected chi connectivity index (χ2v) is 4.78. The van der Waals surface area contributed by atoms with Crippen LogP contribution < -0.4 is 0 Å². The molecule has 0 saturated heterocycles. The van der Waals surface area contributed by atoms with Gasteiger partial charge in [-0.05, 0) is 38.4 Å². The quantitative estimate of drug-likeness (QED) is 0.575. The minimum Gasteiger partial charge on any atom is -0.307 e. The summed E-state index contributed by atoms with van der Waals surface area (Å²) in [5, 5.41) is 0. The molecular formula is C13H29N. The molecule has 0 spiro atoms. The van der Waals surface area contributed by atoms with Gasteiger partial charge in [0, 0.05) is 0 Å². The summed E-state index contributed by atoms with van der Waals surface area (Å²) < 4.78 is 0. The van der Waals surface area contributed by atoms with Crippen LogP contribution in [0.25, 0.3) is 0 Å². The van der Waals surface area contributed by atoms with E-state index >= 15 is 0 Å². The Kier molecular flexibility index (Phi) is 8.26. The van der Waals surface area contributed by atoms with E-state index in [4.69, 9.17) is 0 Å². The van der Waals surface area contributed by atoms with Crippen molar-refractivity contribution in [3.8, 4) is 0 Å². The lowest BCUT2D eigenvalue weighted by molar-refractivity contribution is 0.271. The molecule has 0 saturated carbocycles. The first-order chi connectivity index (χ1) is 6.61. The second-order valence-electron chi connectivity index (χ2n) is 4.78. The molecular weight excluding hydrogens is 170 g/mol. The minimum absolute atomic E-state index is 0.885. The maximum absolute atomic E-state index is 2.41. The largest absolute Gasteiger partial charge is 0.307 e. The molecule has 0 aliphatic heterocycles. The third kappa shape index (κ3) is 6.42. The zero-order chi connectivity index (χ0) is 11.0. The van der Waals surface area contributed by atoms with Crippen molar-refractivity contribution in [3.63, 3.8) is 0 Å². The van der Waals surface area contributed by atoms with Crippen LogP contribution in [0.1, 0.15) is 53.4 Å². The summed E-state index contributed by atoms with van der Waals surface area (Å²) in [5.41, 5.74) is 0. The van der Waals surface area contributed by atoms with Crippen LogP contribution in [-0.2, 0) is 0 Å². The van der Waals surface area contributed by atoms with E-state index in [1.54, 1.807) is 0 Å². The summed E-state index contributed by atoms with van der Waals surface area (Å²) in [6, 6.07) is 0. The van der Waals surface area contributed by atoms with Gasteiger partial charge in [0.05, 0.1) is 0 Å². The highest BCUT2D eigenvalue weighted by molar-refractivity contribution is 4.64. The van der Waals surface area contributed by atoms with Crippen LogP contribution in [0, 0.1) is 11.8 Å². The summed E-state index contributed by atoms with van der Waals surface area (Å²) in [5.74, 6) is 1.79. The maximum Gasteiger partial charge on any atom is -0.00193 e. The van der Waals surface area contributed by atoms with Crippen LogP contribution in [-0.4, -0.2) is 25.0 Å². The minimum atomic E-state index is 0.885. The van der Waals surface area contributed by atoms with Crippen molar-refractivity contribution in [2.24, 2.45) is 11.8 Å². The van der Waals surface area contributed by atoms with Gasteiger partial charge in [0.15, 0.2) is 0 Å². The molecule has 1 nitrogen and oxygen atoms in total. The molecule has 0 aliphatic carbocycles. The fourth-order valence-electron chi connectivity index (χ4n) is 1.68. The first kappa shape index (κ1) is 14.0. The molecule has 1 unspecified atom stereocenters. The third-order valence-corrected chi connectivity index (χ3v) is 3.49. The van der Waals surface area contributed by atoms with E-state index in [0.717, 1.165) is 11.8 Å². The average Bonchev–Trinajstić information content (AvgIpc) is 2.21. The van der Waals surface area contributed by atoms with Gasteiger partial charge < -0.3 is 4.90 Å². The van der Waals surface area contributed by atoms with Crippen molar-refractivity contribution in [2.45, 2.75) is 53.4 Å². The van der Waals surface area contributed by atoms with Gasteiger partial charge in [-0.15, -0.1) is 0 Å². The molecule has 0 amide bonds. The maximum atomic E-state index is 2.41. The van der Waals surface area contributed by atoms with Crippen molar-refractivity contribution in [1.82, 2.24) is 4.90 Å². The Morgan fingerprint density at radius 1 is 1.00 bits per heavy atom. The highest BCUT2D eigenvalue weighted by Gasteiger charge is 2.11. The van der Waals surface area contributed by atoms with Crippen LogP contribution in [0.2, 0.25) is 0 Å². The number of unbranched alkanes of at least 4 members (excludes halogenated alkanes) is 1. The van der Waals surface area contributed by atoms with Crippen LogP contribution >= 0.6 is 0 Å². The summed E-state index contributed by atoms with van der Waals surface area (Å²) in [4.78, 5) is 2.41. The van der Waals surface area contributed by atoms with Crippen LogP contribution in [0.5, 0.6) is 0 Å². The first-order valence-corrected chi connectivity index (χ1v) is 6.30. The fourth-order valence-corrected chi connectivity index (χ4v) is 1.68. The predicted octanol–water partition coefficient (Wildman–Crippen LogP) is 3.79. The van der Waals surface area contributed by atoms with E-state index in [2.05, 4.69) is 39.6 Å². The molecule has 14 heavy (non-hydrogen) atoms. The van der Waals surface area contributed by atoms with Gasteiger partial charge in [0.1, 0.15) is 0 Å². The third-order valence-electron chi connectivity index (χ3n) is 3.49. The van der Waals surface area contributed by atoms with E-state index in [1.165, 1.54) is 38.8 Å². The summed E-state index contributed by atoms with van der Waals surface area (Å²) in [7, 11) is 2.21. The normalized spacial score (nSPS) is 15.9. The molecule has 0 N–H and O–H groups in total. The molecule has 1 heteroatoms. The molecule has 0 radical (unpaired) electrons. The SMILES string of the molecule is CCCCC(C)[C@@H](C)CCN(C)CC. The predicted molar refractivity (Wildman–Crippen MR) is 65.6 cm³/mol. The molecule has 0 aromatic rings. The van der Waals surface area contributed by atoms with Gasteiger partial charge in [-0.1, -0.05) is 47.0 Å². The lowest BCUT2D eigenvalue weighted by atomic mass is 9.88. The lowest BCUT2D eigenvalue weighted by Gasteiger charge is -2.22. The van der Waals surface area contributed by atoms with Gasteiger partial charge in [0.2, 0.25) is 0 Å². The van der Waals surface area contributed by atoms with Crippen molar-refractivity contribution < 1.29 is 0 Å². The number of rotatable bonds is 8. The molecule has 0 aromatic carbocycles. The molecule has 0 aliphatic rings. The van der Waals surface area contributed by atoms with Crippen molar-refractivity contribution in [2.75, 3.05) is 20.1 Å². The van der Waals surface area contributed by atoms with Crippen LogP contribution in [0.4, 0.5) is 0 Å². The molecule has 0 bridgehead atoms. The second kappa shape index (κ2) is 8.28. The highest BCUT2D eigenvalue weighted by Crippen LogP contribution is 2.20. The van der Waals surface area contributed by atoms with Crippen LogP contribution in [0.15, 0.2) is 0 Å². The topological polar surface area (TPSA) is 3.24 Å². The Bertz CT molecular complexity index is 122. The van der Waals surface area contributed by atoms with E-state index in [0.29, 0.717) is 0 Å². The monoisotopic (exact) mass is 199 g/mol. The number of hydrogen-bond donors (Lipinski definition) is 0. The zero-order valence-corrected chi connectivity index (χ0v) is 10.8. The summed E-state index contributed by atoms with van der Waals surface area (Å²) in [6.07, 6.45) is 5.50. The highest BCUT2D eigenvalue weighted by atomic mass is 15.1. The standard InChI is InChI=1S/C13H29N/c1-6-8-9-12(3)13(4)10-11-14(5)7-2/h12-13H,6-11H2,1-5H3/t12?,13-/m0/s1. The fraction of sp³-hybridized carbons (Fsp3) is 1.00. The molecule has 0 aromatic heterocycles. The molecule has 86 valence electrons. The van der Waals surface area contributed by atoms with Gasteiger partial charge in [-0.25, -0.2) is 0 Å². The van der Waals surface area contributed by atoms with Crippen molar-refractivity contribution in [1.29, 1.82) is 0 Å². The van der Waals surface area contributed by atoms with Crippen molar-refractivity contribution >= 4 is 0 Å². The van der Waals surface area contributed by atoms with Gasteiger partial charge in [-0.2, -0.15) is 0 Å². The van der Waals surface area contributed by atoms with Crippen LogP contribution in [0.3, 0.4) is 0 Å². The van der Waals surface area contributed by atoms with E-state index in [-0.39, 0.29) is 0 Å². The van der Waals surface area contributed by atoms with Crippen molar-refractivity contribution in [3.05, 3.63) is 0 Å². The van der Waals surface area contributed by atoms with E-state index in [1.807, 2.05) is 0 Å². The average molecular weight is 199 g/mol. The summed E-state index contributed by atoms with van der Waals surface area (Å²) >= 11 is 0. The van der Waals surface area contributed by atoms with Gasteiger partial charge >= 0.3 is 0 Å².